The number of anilines is 1. The molecule has 1 aliphatic carbocycles. The van der Waals surface area contributed by atoms with Crippen LogP contribution in [0.4, 0.5) is 5.00 Å². The molecule has 0 saturated heterocycles. The number of pyridine rings is 1. The van der Waals surface area contributed by atoms with Crippen LogP contribution in [0.15, 0.2) is 48.5 Å². The Balaban J connectivity index is 1.61. The van der Waals surface area contributed by atoms with Crippen molar-refractivity contribution in [1.29, 1.82) is 0 Å². The van der Waals surface area contributed by atoms with Crippen molar-refractivity contribution in [3.63, 3.8) is 0 Å². The van der Waals surface area contributed by atoms with Crippen LogP contribution in [0.5, 0.6) is 0 Å². The topological polar surface area (TPSA) is 68.3 Å². The Morgan fingerprint density at radius 2 is 1.69 bits per heavy atom. The number of aromatic nitrogens is 1. The van der Waals surface area contributed by atoms with Gasteiger partial charge in [0.15, 0.2) is 0 Å². The molecule has 0 saturated carbocycles. The summed E-state index contributed by atoms with van der Waals surface area (Å²) in [5.41, 5.74) is 6.60. The van der Waals surface area contributed by atoms with Crippen LogP contribution in [0.2, 0.25) is 0 Å². The number of aryl methyl sites for hydroxylation is 2. The van der Waals surface area contributed by atoms with E-state index in [2.05, 4.69) is 5.32 Å². The van der Waals surface area contributed by atoms with Gasteiger partial charge in [-0.15, -0.1) is 11.3 Å². The van der Waals surface area contributed by atoms with Crippen LogP contribution in [0.3, 0.4) is 0 Å². The zero-order valence-electron chi connectivity index (χ0n) is 21.1. The Labute approximate surface area is 215 Å². The molecule has 2 aromatic heterocycles. The Morgan fingerprint density at radius 3 is 2.44 bits per heavy atom. The zero-order chi connectivity index (χ0) is 25.4. The van der Waals surface area contributed by atoms with E-state index < -0.39 is 0 Å². The van der Waals surface area contributed by atoms with Crippen molar-refractivity contribution < 1.29 is 14.3 Å². The van der Waals surface area contributed by atoms with Gasteiger partial charge in [0.2, 0.25) is 0 Å². The number of nitrogens with zero attached hydrogens (tertiary/aromatic N) is 1. The Hall–Kier alpha value is -3.51. The summed E-state index contributed by atoms with van der Waals surface area (Å²) < 4.78 is 5.58. The van der Waals surface area contributed by atoms with Crippen LogP contribution < -0.4 is 5.32 Å². The van der Waals surface area contributed by atoms with Crippen LogP contribution in [-0.4, -0.2) is 23.0 Å². The molecule has 184 valence electrons. The fourth-order valence-corrected chi connectivity index (χ4v) is 6.17. The molecule has 36 heavy (non-hydrogen) atoms. The molecule has 5 nitrogen and oxygen atoms in total. The van der Waals surface area contributed by atoms with E-state index in [0.717, 1.165) is 64.5 Å². The first-order valence-corrected chi connectivity index (χ1v) is 13.3. The maximum Gasteiger partial charge on any atom is 0.341 e. The molecule has 6 heteroatoms. The van der Waals surface area contributed by atoms with Crippen molar-refractivity contribution in [2.45, 2.75) is 59.5 Å². The highest BCUT2D eigenvalue weighted by atomic mass is 32.1. The van der Waals surface area contributed by atoms with Crippen molar-refractivity contribution in [2.75, 3.05) is 5.32 Å². The molecular weight excluding hydrogens is 468 g/mol. The molecule has 0 radical (unpaired) electrons. The molecule has 0 atom stereocenters. The largest absolute Gasteiger partial charge is 0.459 e. The van der Waals surface area contributed by atoms with Crippen molar-refractivity contribution >= 4 is 39.1 Å². The predicted octanol–water partition coefficient (Wildman–Crippen LogP) is 7.28. The number of hydrogen-bond donors (Lipinski definition) is 1. The highest BCUT2D eigenvalue weighted by molar-refractivity contribution is 7.17. The molecule has 0 unspecified atom stereocenters. The number of nitrogens with one attached hydrogen (secondary N) is 1. The van der Waals surface area contributed by atoms with Crippen LogP contribution in [0.25, 0.3) is 22.2 Å². The first-order chi connectivity index (χ1) is 17.3. The lowest BCUT2D eigenvalue weighted by Crippen LogP contribution is -2.19. The monoisotopic (exact) mass is 498 g/mol. The van der Waals surface area contributed by atoms with E-state index in [0.29, 0.717) is 16.1 Å². The molecule has 1 N–H and O–H groups in total. The normalized spacial score (nSPS) is 13.0. The van der Waals surface area contributed by atoms with Gasteiger partial charge in [-0.3, -0.25) is 4.79 Å². The standard InChI is InChI=1S/C30H30N2O3S/c1-17(2)35-30(34)26-22-10-6-8-12-24(22)36-29(26)32-28(33)25-19(4)27(20-15-13-18(3)14-16-20)31-23-11-7-5-9-21(23)25/h5,7,9,11,13-17H,6,8,10,12H2,1-4H3,(H,32,33). The predicted molar refractivity (Wildman–Crippen MR) is 146 cm³/mol. The van der Waals surface area contributed by atoms with Gasteiger partial charge in [-0.05, 0) is 70.6 Å². The third-order valence-corrected chi connectivity index (χ3v) is 7.84. The van der Waals surface area contributed by atoms with Crippen molar-refractivity contribution in [1.82, 2.24) is 4.98 Å². The third kappa shape index (κ3) is 4.53. The van der Waals surface area contributed by atoms with Gasteiger partial charge in [-0.1, -0.05) is 48.0 Å². The number of carbonyl (C=O) groups is 2. The number of ether oxygens (including phenoxy) is 1. The average Bonchev–Trinajstić information content (AvgIpc) is 3.21. The summed E-state index contributed by atoms with van der Waals surface area (Å²) in [6, 6.07) is 15.9. The molecule has 0 spiro atoms. The van der Waals surface area contributed by atoms with E-state index in [1.807, 2.05) is 76.2 Å². The summed E-state index contributed by atoms with van der Waals surface area (Å²) in [5, 5.41) is 4.48. The lowest BCUT2D eigenvalue weighted by atomic mass is 9.95. The van der Waals surface area contributed by atoms with Crippen LogP contribution >= 0.6 is 11.3 Å². The number of benzene rings is 2. The van der Waals surface area contributed by atoms with E-state index >= 15 is 0 Å². The van der Waals surface area contributed by atoms with Crippen molar-refractivity contribution in [3.8, 4) is 11.3 Å². The highest BCUT2D eigenvalue weighted by Crippen LogP contribution is 2.39. The minimum atomic E-state index is -0.364. The van der Waals surface area contributed by atoms with Gasteiger partial charge in [0.25, 0.3) is 5.91 Å². The summed E-state index contributed by atoms with van der Waals surface area (Å²) in [6.07, 6.45) is 3.65. The van der Waals surface area contributed by atoms with Gasteiger partial charge < -0.3 is 10.1 Å². The quantitative estimate of drug-likeness (QED) is 0.294. The maximum atomic E-state index is 13.9. The number of esters is 1. The Kier molecular flexibility index (Phi) is 6.63. The fraction of sp³-hybridized carbons (Fsp3) is 0.300. The number of hydrogen-bond acceptors (Lipinski definition) is 5. The zero-order valence-corrected chi connectivity index (χ0v) is 21.9. The van der Waals surface area contributed by atoms with Crippen LogP contribution in [-0.2, 0) is 17.6 Å². The van der Waals surface area contributed by atoms with E-state index in [1.165, 1.54) is 16.2 Å². The fourth-order valence-electron chi connectivity index (χ4n) is 4.90. The lowest BCUT2D eigenvalue weighted by molar-refractivity contribution is 0.0378. The van der Waals surface area contributed by atoms with E-state index in [1.54, 1.807) is 0 Å². The molecule has 5 rings (SSSR count). The van der Waals surface area contributed by atoms with Crippen molar-refractivity contribution in [2.24, 2.45) is 0 Å². The summed E-state index contributed by atoms with van der Waals surface area (Å²) >= 11 is 1.51. The molecule has 2 aromatic carbocycles. The average molecular weight is 499 g/mol. The summed E-state index contributed by atoms with van der Waals surface area (Å²) in [4.78, 5) is 33.1. The number of amides is 1. The minimum absolute atomic E-state index is 0.233. The number of fused-ring (bicyclic) bond motifs is 2. The summed E-state index contributed by atoms with van der Waals surface area (Å²) in [7, 11) is 0. The molecule has 2 heterocycles. The summed E-state index contributed by atoms with van der Waals surface area (Å²) in [5.74, 6) is -0.604. The second-order valence-corrected chi connectivity index (χ2v) is 10.8. The molecular formula is C30H30N2O3S. The van der Waals surface area contributed by atoms with Gasteiger partial charge in [-0.25, -0.2) is 9.78 Å². The minimum Gasteiger partial charge on any atom is -0.459 e. The Morgan fingerprint density at radius 1 is 0.972 bits per heavy atom. The third-order valence-electron chi connectivity index (χ3n) is 6.63. The molecule has 4 aromatic rings. The van der Waals surface area contributed by atoms with Gasteiger partial charge in [0.05, 0.1) is 28.4 Å². The van der Waals surface area contributed by atoms with Gasteiger partial charge in [-0.2, -0.15) is 0 Å². The molecule has 0 fully saturated rings. The highest BCUT2D eigenvalue weighted by Gasteiger charge is 2.29. The number of para-hydroxylation sites is 1. The number of carbonyl (C=O) groups excluding carboxylic acids is 2. The van der Waals surface area contributed by atoms with Gasteiger partial charge in [0.1, 0.15) is 5.00 Å². The lowest BCUT2D eigenvalue weighted by Gasteiger charge is -2.16. The van der Waals surface area contributed by atoms with Crippen LogP contribution in [0.1, 0.15) is 69.0 Å². The van der Waals surface area contributed by atoms with Gasteiger partial charge in [0, 0.05) is 15.8 Å². The van der Waals surface area contributed by atoms with E-state index in [-0.39, 0.29) is 18.0 Å². The maximum absolute atomic E-state index is 13.9. The number of rotatable bonds is 5. The summed E-state index contributed by atoms with van der Waals surface area (Å²) in [6.45, 7) is 7.67. The second kappa shape index (κ2) is 9.86. The molecule has 1 amide bonds. The SMILES string of the molecule is Cc1ccc(-c2nc3ccccc3c(C(=O)Nc3sc4c(c3C(=O)OC(C)C)CCCC4)c2C)cc1. The van der Waals surface area contributed by atoms with Gasteiger partial charge >= 0.3 is 5.97 Å². The second-order valence-electron chi connectivity index (χ2n) is 9.67. The molecule has 0 bridgehead atoms. The van der Waals surface area contributed by atoms with E-state index in [4.69, 9.17) is 9.72 Å². The first-order valence-electron chi connectivity index (χ1n) is 12.5. The molecule has 0 aliphatic heterocycles. The molecule has 1 aliphatic rings. The van der Waals surface area contributed by atoms with E-state index in [9.17, 15) is 9.59 Å². The smallest absolute Gasteiger partial charge is 0.341 e. The Bertz CT molecular complexity index is 1470. The number of thiophene rings is 1. The first kappa shape index (κ1) is 24.2. The van der Waals surface area contributed by atoms with Crippen LogP contribution in [0, 0.1) is 13.8 Å². The van der Waals surface area contributed by atoms with Crippen molar-refractivity contribution in [3.05, 3.63) is 81.2 Å².